The molecule has 1 aromatic heterocycles. The molecule has 2 nitrogen and oxygen atoms in total. The monoisotopic (exact) mass is 206 g/mol. The zero-order valence-electron chi connectivity index (χ0n) is 10.3. The SMILES string of the molecule is CC(C)C(CCN(C)C)c1ccccn1. The lowest BCUT2D eigenvalue weighted by Crippen LogP contribution is -2.19. The standard InChI is InChI=1S/C13H22N2/c1-11(2)12(8-10-15(3)4)13-7-5-6-9-14-13/h5-7,9,11-12H,8,10H2,1-4H3. The second-order valence-corrected chi connectivity index (χ2v) is 4.70. The summed E-state index contributed by atoms with van der Waals surface area (Å²) in [6.07, 6.45) is 3.07. The zero-order chi connectivity index (χ0) is 11.3. The van der Waals surface area contributed by atoms with Gasteiger partial charge in [0.05, 0.1) is 0 Å². The average molecular weight is 206 g/mol. The topological polar surface area (TPSA) is 16.1 Å². The maximum Gasteiger partial charge on any atom is 0.0437 e. The van der Waals surface area contributed by atoms with Gasteiger partial charge in [-0.15, -0.1) is 0 Å². The molecule has 1 atom stereocenters. The van der Waals surface area contributed by atoms with Crippen LogP contribution in [0.25, 0.3) is 0 Å². The molecule has 0 saturated carbocycles. The summed E-state index contributed by atoms with van der Waals surface area (Å²) in [5.41, 5.74) is 1.23. The van der Waals surface area contributed by atoms with Crippen LogP contribution in [-0.2, 0) is 0 Å². The van der Waals surface area contributed by atoms with Crippen molar-refractivity contribution in [3.8, 4) is 0 Å². The number of aromatic nitrogens is 1. The van der Waals surface area contributed by atoms with Crippen LogP contribution in [0.2, 0.25) is 0 Å². The van der Waals surface area contributed by atoms with Gasteiger partial charge in [0.2, 0.25) is 0 Å². The summed E-state index contributed by atoms with van der Waals surface area (Å²) < 4.78 is 0. The molecular weight excluding hydrogens is 184 g/mol. The molecule has 0 amide bonds. The molecule has 0 aliphatic rings. The van der Waals surface area contributed by atoms with Crippen LogP contribution >= 0.6 is 0 Å². The van der Waals surface area contributed by atoms with Crippen LogP contribution in [0.15, 0.2) is 24.4 Å². The Labute approximate surface area is 93.3 Å². The van der Waals surface area contributed by atoms with Gasteiger partial charge in [-0.05, 0) is 45.1 Å². The lowest BCUT2D eigenvalue weighted by atomic mass is 9.89. The van der Waals surface area contributed by atoms with Crippen LogP contribution in [0.3, 0.4) is 0 Å². The van der Waals surface area contributed by atoms with Crippen LogP contribution in [0.4, 0.5) is 0 Å². The summed E-state index contributed by atoms with van der Waals surface area (Å²) in [6.45, 7) is 5.67. The molecule has 0 N–H and O–H groups in total. The third-order valence-electron chi connectivity index (χ3n) is 2.76. The quantitative estimate of drug-likeness (QED) is 0.736. The summed E-state index contributed by atoms with van der Waals surface area (Å²) in [5.74, 6) is 1.23. The van der Waals surface area contributed by atoms with Gasteiger partial charge < -0.3 is 4.90 Å². The Bertz CT molecular complexity index is 267. The molecule has 0 saturated heterocycles. The highest BCUT2D eigenvalue weighted by Gasteiger charge is 2.16. The molecule has 0 radical (unpaired) electrons. The van der Waals surface area contributed by atoms with Crippen molar-refractivity contribution in [2.75, 3.05) is 20.6 Å². The average Bonchev–Trinajstić information content (AvgIpc) is 2.18. The Balaban J connectivity index is 2.66. The molecule has 1 unspecified atom stereocenters. The Kier molecular flexibility index (Phi) is 4.76. The zero-order valence-corrected chi connectivity index (χ0v) is 10.3. The van der Waals surface area contributed by atoms with E-state index in [-0.39, 0.29) is 0 Å². The Morgan fingerprint density at radius 2 is 2.00 bits per heavy atom. The van der Waals surface area contributed by atoms with Gasteiger partial charge in [-0.25, -0.2) is 0 Å². The van der Waals surface area contributed by atoms with Crippen molar-refractivity contribution in [1.82, 2.24) is 9.88 Å². The van der Waals surface area contributed by atoms with Crippen LogP contribution < -0.4 is 0 Å². The summed E-state index contributed by atoms with van der Waals surface area (Å²) in [6, 6.07) is 6.19. The maximum atomic E-state index is 4.46. The first-order valence-electron chi connectivity index (χ1n) is 5.67. The highest BCUT2D eigenvalue weighted by atomic mass is 15.0. The van der Waals surface area contributed by atoms with Crippen LogP contribution in [0.1, 0.15) is 31.9 Å². The smallest absolute Gasteiger partial charge is 0.0437 e. The Morgan fingerprint density at radius 3 is 2.47 bits per heavy atom. The van der Waals surface area contributed by atoms with E-state index in [2.05, 4.69) is 50.0 Å². The van der Waals surface area contributed by atoms with E-state index in [0.717, 1.165) is 6.54 Å². The first-order valence-corrected chi connectivity index (χ1v) is 5.67. The summed E-state index contributed by atoms with van der Waals surface area (Å²) in [5, 5.41) is 0. The van der Waals surface area contributed by atoms with Gasteiger partial charge in [0.25, 0.3) is 0 Å². The van der Waals surface area contributed by atoms with Gasteiger partial charge >= 0.3 is 0 Å². The Hall–Kier alpha value is -0.890. The molecule has 1 rings (SSSR count). The second kappa shape index (κ2) is 5.86. The molecule has 0 spiro atoms. The molecule has 84 valence electrons. The minimum atomic E-state index is 0.577. The molecular formula is C13H22N2. The van der Waals surface area contributed by atoms with Gasteiger partial charge in [0.1, 0.15) is 0 Å². The van der Waals surface area contributed by atoms with E-state index >= 15 is 0 Å². The van der Waals surface area contributed by atoms with Crippen molar-refractivity contribution in [2.45, 2.75) is 26.2 Å². The molecule has 1 heterocycles. The summed E-state index contributed by atoms with van der Waals surface area (Å²) >= 11 is 0. The third-order valence-corrected chi connectivity index (χ3v) is 2.76. The van der Waals surface area contributed by atoms with E-state index in [4.69, 9.17) is 0 Å². The fourth-order valence-electron chi connectivity index (χ4n) is 1.82. The number of nitrogens with zero attached hydrogens (tertiary/aromatic N) is 2. The third kappa shape index (κ3) is 4.00. The number of pyridine rings is 1. The highest BCUT2D eigenvalue weighted by Crippen LogP contribution is 2.25. The van der Waals surface area contributed by atoms with Gasteiger partial charge in [-0.3, -0.25) is 4.98 Å². The van der Waals surface area contributed by atoms with Gasteiger partial charge in [-0.1, -0.05) is 19.9 Å². The van der Waals surface area contributed by atoms with Gasteiger partial charge in [0, 0.05) is 17.8 Å². The lowest BCUT2D eigenvalue weighted by Gasteiger charge is -2.22. The van der Waals surface area contributed by atoms with E-state index in [9.17, 15) is 0 Å². The summed E-state index contributed by atoms with van der Waals surface area (Å²) in [4.78, 5) is 6.69. The van der Waals surface area contributed by atoms with Crippen LogP contribution in [0, 0.1) is 5.92 Å². The lowest BCUT2D eigenvalue weighted by molar-refractivity contribution is 0.349. The van der Waals surface area contributed by atoms with Crippen molar-refractivity contribution in [3.05, 3.63) is 30.1 Å². The van der Waals surface area contributed by atoms with Crippen LogP contribution in [-0.4, -0.2) is 30.5 Å². The molecule has 0 aliphatic carbocycles. The molecule has 15 heavy (non-hydrogen) atoms. The molecule has 0 bridgehead atoms. The number of rotatable bonds is 5. The van der Waals surface area contributed by atoms with E-state index in [1.807, 2.05) is 12.3 Å². The van der Waals surface area contributed by atoms with Gasteiger partial charge in [-0.2, -0.15) is 0 Å². The van der Waals surface area contributed by atoms with Crippen molar-refractivity contribution in [2.24, 2.45) is 5.92 Å². The molecule has 2 heteroatoms. The molecule has 0 aliphatic heterocycles. The van der Waals surface area contributed by atoms with Crippen molar-refractivity contribution in [1.29, 1.82) is 0 Å². The van der Waals surface area contributed by atoms with Crippen LogP contribution in [0.5, 0.6) is 0 Å². The first-order chi connectivity index (χ1) is 7.11. The number of hydrogen-bond acceptors (Lipinski definition) is 2. The fraction of sp³-hybridized carbons (Fsp3) is 0.615. The highest BCUT2D eigenvalue weighted by molar-refractivity contribution is 5.10. The normalized spacial score (nSPS) is 13.5. The first kappa shape index (κ1) is 12.2. The van der Waals surface area contributed by atoms with Crippen molar-refractivity contribution in [3.63, 3.8) is 0 Å². The Morgan fingerprint density at radius 1 is 1.27 bits per heavy atom. The summed E-state index contributed by atoms with van der Waals surface area (Å²) in [7, 11) is 4.24. The second-order valence-electron chi connectivity index (χ2n) is 4.70. The van der Waals surface area contributed by atoms with E-state index in [0.29, 0.717) is 11.8 Å². The largest absolute Gasteiger partial charge is 0.309 e. The molecule has 1 aromatic rings. The molecule has 0 aromatic carbocycles. The van der Waals surface area contributed by atoms with Crippen molar-refractivity contribution >= 4 is 0 Å². The van der Waals surface area contributed by atoms with Crippen molar-refractivity contribution < 1.29 is 0 Å². The van der Waals surface area contributed by atoms with E-state index < -0.39 is 0 Å². The van der Waals surface area contributed by atoms with E-state index in [1.54, 1.807) is 0 Å². The minimum absolute atomic E-state index is 0.577. The maximum absolute atomic E-state index is 4.46. The predicted octanol–water partition coefficient (Wildman–Crippen LogP) is 2.77. The number of hydrogen-bond donors (Lipinski definition) is 0. The minimum Gasteiger partial charge on any atom is -0.309 e. The molecule has 0 fully saturated rings. The van der Waals surface area contributed by atoms with Gasteiger partial charge in [0.15, 0.2) is 0 Å². The predicted molar refractivity (Wildman–Crippen MR) is 65.0 cm³/mol. The van der Waals surface area contributed by atoms with E-state index in [1.165, 1.54) is 12.1 Å². The fourth-order valence-corrected chi connectivity index (χ4v) is 1.82.